The lowest BCUT2D eigenvalue weighted by Gasteiger charge is -2.31. The van der Waals surface area contributed by atoms with Gasteiger partial charge in [0, 0.05) is 36.8 Å². The molecule has 1 aliphatic heterocycles. The molecule has 0 N–H and O–H groups in total. The number of ether oxygens (including phenoxy) is 1. The van der Waals surface area contributed by atoms with Crippen molar-refractivity contribution in [2.75, 3.05) is 19.7 Å². The Kier molecular flexibility index (Phi) is 4.38. The van der Waals surface area contributed by atoms with E-state index in [9.17, 15) is 4.39 Å². The molecule has 24 heavy (non-hydrogen) atoms. The lowest BCUT2D eigenvalue weighted by Crippen LogP contribution is -2.37. The van der Waals surface area contributed by atoms with Gasteiger partial charge in [0.15, 0.2) is 0 Å². The van der Waals surface area contributed by atoms with Crippen molar-refractivity contribution in [3.05, 3.63) is 58.6 Å². The van der Waals surface area contributed by atoms with Crippen LogP contribution >= 0.6 is 11.3 Å². The van der Waals surface area contributed by atoms with E-state index >= 15 is 0 Å². The number of benzene rings is 1. The Hall–Kier alpha value is -2.09. The Bertz CT molecular complexity index is 806. The van der Waals surface area contributed by atoms with Crippen LogP contribution in [0.4, 0.5) is 4.39 Å². The van der Waals surface area contributed by atoms with Crippen LogP contribution in [0.1, 0.15) is 16.8 Å². The predicted molar refractivity (Wildman–Crippen MR) is 88.0 cm³/mol. The molecule has 1 aliphatic rings. The summed E-state index contributed by atoms with van der Waals surface area (Å²) in [6, 6.07) is 6.25. The number of hydrogen-bond acceptors (Lipinski definition) is 6. The van der Waals surface area contributed by atoms with Crippen LogP contribution in [0, 0.1) is 5.82 Å². The maximum atomic E-state index is 13.3. The van der Waals surface area contributed by atoms with Crippen LogP contribution in [-0.2, 0) is 11.3 Å². The number of morpholine rings is 1. The molecule has 1 fully saturated rings. The highest BCUT2D eigenvalue weighted by Crippen LogP contribution is 2.25. The molecule has 3 aromatic rings. The number of rotatable bonds is 4. The highest BCUT2D eigenvalue weighted by molar-refractivity contribution is 7.09. The van der Waals surface area contributed by atoms with Crippen LogP contribution < -0.4 is 0 Å². The molecule has 3 heterocycles. The second kappa shape index (κ2) is 6.80. The van der Waals surface area contributed by atoms with Crippen LogP contribution in [-0.4, -0.2) is 34.6 Å². The molecule has 0 amide bonds. The van der Waals surface area contributed by atoms with Gasteiger partial charge >= 0.3 is 0 Å². The minimum absolute atomic E-state index is 0.00772. The topological polar surface area (TPSA) is 51.4 Å². The van der Waals surface area contributed by atoms with E-state index < -0.39 is 0 Å². The van der Waals surface area contributed by atoms with E-state index in [1.807, 2.05) is 5.38 Å². The summed E-state index contributed by atoms with van der Waals surface area (Å²) >= 11 is 1.61. The summed E-state index contributed by atoms with van der Waals surface area (Å²) in [5, 5.41) is 2.96. The van der Waals surface area contributed by atoms with Crippen molar-refractivity contribution in [2.24, 2.45) is 0 Å². The van der Waals surface area contributed by atoms with Crippen LogP contribution in [0.2, 0.25) is 0 Å². The molecule has 7 heteroatoms. The van der Waals surface area contributed by atoms with Gasteiger partial charge < -0.3 is 9.15 Å². The molecule has 0 bridgehead atoms. The molecular weight excluding hydrogens is 329 g/mol. The smallest absolute Gasteiger partial charge is 0.226 e. The van der Waals surface area contributed by atoms with Crippen LogP contribution in [0.25, 0.3) is 11.5 Å². The first-order valence-electron chi connectivity index (χ1n) is 7.71. The molecule has 1 aromatic carbocycles. The quantitative estimate of drug-likeness (QED) is 0.724. The highest BCUT2D eigenvalue weighted by Gasteiger charge is 2.24. The monoisotopic (exact) mass is 345 g/mol. The van der Waals surface area contributed by atoms with Gasteiger partial charge in [-0.2, -0.15) is 0 Å². The van der Waals surface area contributed by atoms with Crippen LogP contribution in [0.3, 0.4) is 0 Å². The highest BCUT2D eigenvalue weighted by atomic mass is 32.1. The zero-order chi connectivity index (χ0) is 16.4. The van der Waals surface area contributed by atoms with Gasteiger partial charge in [-0.25, -0.2) is 14.4 Å². The fraction of sp³-hybridized carbons (Fsp3) is 0.294. The molecule has 0 saturated carbocycles. The zero-order valence-corrected chi connectivity index (χ0v) is 13.7. The second-order valence-corrected chi connectivity index (χ2v) is 6.55. The molecule has 0 aliphatic carbocycles. The molecule has 0 radical (unpaired) electrons. The van der Waals surface area contributed by atoms with E-state index in [4.69, 9.17) is 9.15 Å². The first kappa shape index (κ1) is 15.4. The van der Waals surface area contributed by atoms with E-state index in [2.05, 4.69) is 14.9 Å². The van der Waals surface area contributed by atoms with Crippen molar-refractivity contribution in [1.29, 1.82) is 0 Å². The van der Waals surface area contributed by atoms with E-state index in [-0.39, 0.29) is 11.9 Å². The summed E-state index contributed by atoms with van der Waals surface area (Å²) in [5.41, 5.74) is 1.47. The summed E-state index contributed by atoms with van der Waals surface area (Å²) < 4.78 is 24.6. The first-order chi connectivity index (χ1) is 11.8. The van der Waals surface area contributed by atoms with Crippen molar-refractivity contribution in [2.45, 2.75) is 12.6 Å². The lowest BCUT2D eigenvalue weighted by molar-refractivity contribution is -0.0333. The molecule has 124 valence electrons. The predicted octanol–water partition coefficient (Wildman–Crippen LogP) is 3.51. The molecule has 4 rings (SSSR count). The molecule has 2 aromatic heterocycles. The van der Waals surface area contributed by atoms with Gasteiger partial charge in [0.25, 0.3) is 0 Å². The number of hydrogen-bond donors (Lipinski definition) is 0. The van der Waals surface area contributed by atoms with Gasteiger partial charge in [-0.05, 0) is 18.2 Å². The van der Waals surface area contributed by atoms with Gasteiger partial charge in [-0.15, -0.1) is 11.3 Å². The van der Waals surface area contributed by atoms with E-state index in [0.717, 1.165) is 23.8 Å². The van der Waals surface area contributed by atoms with Gasteiger partial charge in [-0.3, -0.25) is 4.90 Å². The largest absolute Gasteiger partial charge is 0.444 e. The van der Waals surface area contributed by atoms with Gasteiger partial charge in [0.1, 0.15) is 23.2 Å². The molecular formula is C17H16FN3O2S. The average Bonchev–Trinajstić information content (AvgIpc) is 3.27. The average molecular weight is 345 g/mol. The summed E-state index contributed by atoms with van der Waals surface area (Å²) in [5.74, 6) is 0.140. The molecule has 0 spiro atoms. The minimum Gasteiger partial charge on any atom is -0.444 e. The van der Waals surface area contributed by atoms with Crippen molar-refractivity contribution in [3.63, 3.8) is 0 Å². The third kappa shape index (κ3) is 3.38. The number of halogens is 1. The van der Waals surface area contributed by atoms with Crippen molar-refractivity contribution >= 4 is 11.3 Å². The number of aromatic nitrogens is 2. The Morgan fingerprint density at radius 3 is 3.17 bits per heavy atom. The Balaban J connectivity index is 1.44. The second-order valence-electron chi connectivity index (χ2n) is 5.62. The summed E-state index contributed by atoms with van der Waals surface area (Å²) in [7, 11) is 0. The third-order valence-electron chi connectivity index (χ3n) is 3.89. The number of thiazole rings is 1. The molecule has 5 nitrogen and oxygen atoms in total. The fourth-order valence-electron chi connectivity index (χ4n) is 2.75. The Morgan fingerprint density at radius 1 is 1.38 bits per heavy atom. The normalized spacial score (nSPS) is 18.8. The van der Waals surface area contributed by atoms with Crippen LogP contribution in [0.15, 0.2) is 46.5 Å². The molecule has 0 unspecified atom stereocenters. The van der Waals surface area contributed by atoms with E-state index in [1.54, 1.807) is 35.9 Å². The lowest BCUT2D eigenvalue weighted by atomic mass is 10.2. The SMILES string of the molecule is Fc1cccc(-c2nc(CN3CCO[C@@H](c4nccs4)C3)co2)c1. The van der Waals surface area contributed by atoms with Crippen LogP contribution in [0.5, 0.6) is 0 Å². The Morgan fingerprint density at radius 2 is 2.33 bits per heavy atom. The zero-order valence-electron chi connectivity index (χ0n) is 12.9. The molecule has 1 saturated heterocycles. The fourth-order valence-corrected chi connectivity index (χ4v) is 3.43. The molecule has 1 atom stereocenters. The minimum atomic E-state index is -0.299. The van der Waals surface area contributed by atoms with Gasteiger partial charge in [0.2, 0.25) is 5.89 Å². The maximum absolute atomic E-state index is 13.3. The standard InChI is InChI=1S/C17H16FN3O2S/c18-13-3-1-2-12(8-13)16-20-14(11-23-16)9-21-5-6-22-15(10-21)17-19-4-7-24-17/h1-4,7-8,11,15H,5-6,9-10H2/t15-/m1/s1. The van der Waals surface area contributed by atoms with Gasteiger partial charge in [-0.1, -0.05) is 6.07 Å². The summed E-state index contributed by atoms with van der Waals surface area (Å²) in [4.78, 5) is 11.1. The Labute approximate surface area is 142 Å². The van der Waals surface area contributed by atoms with E-state index in [1.165, 1.54) is 12.1 Å². The number of nitrogens with zero attached hydrogens (tertiary/aromatic N) is 3. The maximum Gasteiger partial charge on any atom is 0.226 e. The van der Waals surface area contributed by atoms with Crippen molar-refractivity contribution < 1.29 is 13.5 Å². The van der Waals surface area contributed by atoms with Gasteiger partial charge in [0.05, 0.1) is 12.3 Å². The van der Waals surface area contributed by atoms with Crippen molar-refractivity contribution in [3.8, 4) is 11.5 Å². The van der Waals surface area contributed by atoms with Crippen molar-refractivity contribution in [1.82, 2.24) is 14.9 Å². The summed E-state index contributed by atoms with van der Waals surface area (Å²) in [6.07, 6.45) is 3.44. The third-order valence-corrected chi connectivity index (χ3v) is 4.75. The number of oxazole rings is 1. The first-order valence-corrected chi connectivity index (χ1v) is 8.59. The van der Waals surface area contributed by atoms with E-state index in [0.29, 0.717) is 24.6 Å². The summed E-state index contributed by atoms with van der Waals surface area (Å²) in [6.45, 7) is 2.95.